The number of carbonyl (C=O) groups is 2. The molecule has 2 saturated heterocycles. The Labute approximate surface area is 195 Å². The fourth-order valence-electron chi connectivity index (χ4n) is 5.45. The molecule has 2 fully saturated rings. The maximum absolute atomic E-state index is 13.3. The lowest BCUT2D eigenvalue weighted by molar-refractivity contribution is 0.0703. The molecule has 170 valence electrons. The summed E-state index contributed by atoms with van der Waals surface area (Å²) in [6.45, 7) is 5.35. The van der Waals surface area contributed by atoms with Gasteiger partial charge in [-0.15, -0.1) is 0 Å². The molecule has 2 amide bonds. The standard InChI is InChI=1S/C27H30N4O2/c28-17-20-5-7-21(8-6-20)26(32)30-15-11-22-16-23(9-10-24(22)18-30)27(33)31-14-3-4-25(31)19-29-12-1-2-13-29/h5-10,16,25H,1-4,11-15,18-19H2. The predicted octanol–water partition coefficient (Wildman–Crippen LogP) is 3.46. The van der Waals surface area contributed by atoms with Crippen molar-refractivity contribution in [3.63, 3.8) is 0 Å². The minimum Gasteiger partial charge on any atom is -0.334 e. The summed E-state index contributed by atoms with van der Waals surface area (Å²) in [7, 11) is 0. The van der Waals surface area contributed by atoms with Gasteiger partial charge in [-0.05, 0) is 92.7 Å². The van der Waals surface area contributed by atoms with Crippen LogP contribution in [0.4, 0.5) is 0 Å². The van der Waals surface area contributed by atoms with Crippen molar-refractivity contribution in [1.29, 1.82) is 5.26 Å². The highest BCUT2D eigenvalue weighted by Crippen LogP contribution is 2.26. The largest absolute Gasteiger partial charge is 0.334 e. The van der Waals surface area contributed by atoms with Crippen LogP contribution in [0.25, 0.3) is 0 Å². The number of carbonyl (C=O) groups excluding carboxylic acids is 2. The molecular formula is C27H30N4O2. The Morgan fingerprint density at radius 2 is 1.64 bits per heavy atom. The second kappa shape index (κ2) is 9.36. The molecule has 0 N–H and O–H groups in total. The van der Waals surface area contributed by atoms with E-state index in [1.165, 1.54) is 18.4 Å². The van der Waals surface area contributed by atoms with E-state index >= 15 is 0 Å². The van der Waals surface area contributed by atoms with Gasteiger partial charge in [-0.25, -0.2) is 0 Å². The SMILES string of the molecule is N#Cc1ccc(C(=O)N2CCc3cc(C(=O)N4CCCC4CN4CCCC4)ccc3C2)cc1. The third-order valence-electron chi connectivity index (χ3n) is 7.32. The van der Waals surface area contributed by atoms with Crippen LogP contribution in [0.15, 0.2) is 42.5 Å². The molecule has 3 aliphatic heterocycles. The number of nitrogens with zero attached hydrogens (tertiary/aromatic N) is 4. The molecule has 0 bridgehead atoms. The molecule has 5 rings (SSSR count). The molecule has 0 saturated carbocycles. The normalized spacial score (nSPS) is 20.5. The van der Waals surface area contributed by atoms with Crippen molar-refractivity contribution in [3.8, 4) is 6.07 Å². The fraction of sp³-hybridized carbons (Fsp3) is 0.444. The summed E-state index contributed by atoms with van der Waals surface area (Å²) in [6.07, 6.45) is 5.48. The second-order valence-electron chi connectivity index (χ2n) is 9.45. The smallest absolute Gasteiger partial charge is 0.254 e. The zero-order valence-electron chi connectivity index (χ0n) is 19.0. The Morgan fingerprint density at radius 1 is 0.879 bits per heavy atom. The van der Waals surface area contributed by atoms with E-state index in [1.807, 2.05) is 23.1 Å². The topological polar surface area (TPSA) is 67.6 Å². The Morgan fingerprint density at radius 3 is 2.39 bits per heavy atom. The van der Waals surface area contributed by atoms with Gasteiger partial charge in [0.05, 0.1) is 11.6 Å². The van der Waals surface area contributed by atoms with Gasteiger partial charge < -0.3 is 14.7 Å². The Bertz CT molecular complexity index is 1080. The van der Waals surface area contributed by atoms with Gasteiger partial charge in [-0.3, -0.25) is 9.59 Å². The van der Waals surface area contributed by atoms with E-state index in [9.17, 15) is 9.59 Å². The number of likely N-dealkylation sites (tertiary alicyclic amines) is 2. The average Bonchev–Trinajstić information content (AvgIpc) is 3.55. The molecule has 0 aromatic heterocycles. The molecule has 33 heavy (non-hydrogen) atoms. The molecule has 0 radical (unpaired) electrons. The van der Waals surface area contributed by atoms with Crippen LogP contribution in [-0.4, -0.2) is 65.3 Å². The lowest BCUT2D eigenvalue weighted by Gasteiger charge is -2.31. The van der Waals surface area contributed by atoms with E-state index in [4.69, 9.17) is 5.26 Å². The molecule has 2 aromatic rings. The van der Waals surface area contributed by atoms with Gasteiger partial charge in [-0.2, -0.15) is 5.26 Å². The van der Waals surface area contributed by atoms with Crippen LogP contribution in [0.2, 0.25) is 0 Å². The van der Waals surface area contributed by atoms with Crippen LogP contribution >= 0.6 is 0 Å². The minimum atomic E-state index is -0.0212. The molecule has 0 aliphatic carbocycles. The van der Waals surface area contributed by atoms with Crippen LogP contribution in [0.3, 0.4) is 0 Å². The lowest BCUT2D eigenvalue weighted by atomic mass is 9.96. The monoisotopic (exact) mass is 442 g/mol. The van der Waals surface area contributed by atoms with Gasteiger partial charge in [0.15, 0.2) is 0 Å². The van der Waals surface area contributed by atoms with Gasteiger partial charge in [0.2, 0.25) is 0 Å². The third-order valence-corrected chi connectivity index (χ3v) is 7.32. The quantitative estimate of drug-likeness (QED) is 0.727. The van der Waals surface area contributed by atoms with Crippen molar-refractivity contribution in [2.75, 3.05) is 32.7 Å². The number of hydrogen-bond donors (Lipinski definition) is 0. The minimum absolute atomic E-state index is 0.0212. The zero-order valence-corrected chi connectivity index (χ0v) is 19.0. The van der Waals surface area contributed by atoms with Crippen LogP contribution in [0.1, 0.15) is 63.1 Å². The van der Waals surface area contributed by atoms with Gasteiger partial charge in [0.1, 0.15) is 0 Å². The van der Waals surface area contributed by atoms with Crippen molar-refractivity contribution >= 4 is 11.8 Å². The van der Waals surface area contributed by atoms with E-state index in [1.54, 1.807) is 24.3 Å². The first-order valence-electron chi connectivity index (χ1n) is 12.1. The third kappa shape index (κ3) is 4.51. The maximum Gasteiger partial charge on any atom is 0.254 e. The molecule has 1 atom stereocenters. The summed E-state index contributed by atoms with van der Waals surface area (Å²) in [4.78, 5) is 32.7. The number of rotatable bonds is 4. The van der Waals surface area contributed by atoms with Gasteiger partial charge in [0.25, 0.3) is 11.8 Å². The fourth-order valence-corrected chi connectivity index (χ4v) is 5.45. The van der Waals surface area contributed by atoms with Crippen molar-refractivity contribution in [1.82, 2.24) is 14.7 Å². The van der Waals surface area contributed by atoms with Crippen molar-refractivity contribution in [2.45, 2.75) is 44.7 Å². The first-order chi connectivity index (χ1) is 16.1. The summed E-state index contributed by atoms with van der Waals surface area (Å²) >= 11 is 0. The van der Waals surface area contributed by atoms with Crippen molar-refractivity contribution in [2.24, 2.45) is 0 Å². The van der Waals surface area contributed by atoms with Crippen LogP contribution < -0.4 is 0 Å². The van der Waals surface area contributed by atoms with Crippen LogP contribution in [0.5, 0.6) is 0 Å². The molecule has 6 heteroatoms. The molecule has 1 unspecified atom stereocenters. The molecule has 0 spiro atoms. The van der Waals surface area contributed by atoms with Gasteiger partial charge in [0, 0.05) is 43.3 Å². The number of amides is 2. The molecule has 6 nitrogen and oxygen atoms in total. The Balaban J connectivity index is 1.26. The summed E-state index contributed by atoms with van der Waals surface area (Å²) in [5.74, 6) is 0.127. The Kier molecular flexibility index (Phi) is 6.15. The number of fused-ring (bicyclic) bond motifs is 1. The second-order valence-corrected chi connectivity index (χ2v) is 9.45. The summed E-state index contributed by atoms with van der Waals surface area (Å²) in [5, 5.41) is 8.96. The lowest BCUT2D eigenvalue weighted by Crippen LogP contribution is -2.42. The Hall–Kier alpha value is -3.17. The highest BCUT2D eigenvalue weighted by atomic mass is 16.2. The van der Waals surface area contributed by atoms with E-state index in [0.717, 1.165) is 56.6 Å². The highest BCUT2D eigenvalue weighted by Gasteiger charge is 2.32. The highest BCUT2D eigenvalue weighted by molar-refractivity contribution is 5.96. The first-order valence-corrected chi connectivity index (χ1v) is 12.1. The average molecular weight is 443 g/mol. The van der Waals surface area contributed by atoms with E-state index in [-0.39, 0.29) is 11.8 Å². The predicted molar refractivity (Wildman–Crippen MR) is 126 cm³/mol. The molecule has 3 aliphatic rings. The van der Waals surface area contributed by atoms with Crippen molar-refractivity contribution in [3.05, 3.63) is 70.3 Å². The van der Waals surface area contributed by atoms with Crippen LogP contribution in [0, 0.1) is 11.3 Å². The van der Waals surface area contributed by atoms with Gasteiger partial charge in [-0.1, -0.05) is 6.07 Å². The number of benzene rings is 2. The summed E-state index contributed by atoms with van der Waals surface area (Å²) in [5.41, 5.74) is 4.19. The first kappa shape index (κ1) is 21.7. The van der Waals surface area contributed by atoms with Crippen LogP contribution in [-0.2, 0) is 13.0 Å². The van der Waals surface area contributed by atoms with E-state index in [0.29, 0.717) is 30.3 Å². The number of nitriles is 1. The van der Waals surface area contributed by atoms with E-state index < -0.39 is 0 Å². The van der Waals surface area contributed by atoms with E-state index in [2.05, 4.69) is 15.9 Å². The van der Waals surface area contributed by atoms with Crippen molar-refractivity contribution < 1.29 is 9.59 Å². The molecule has 2 aromatic carbocycles. The maximum atomic E-state index is 13.3. The number of hydrogen-bond acceptors (Lipinski definition) is 4. The molecular weight excluding hydrogens is 412 g/mol. The summed E-state index contributed by atoms with van der Waals surface area (Å²) < 4.78 is 0. The zero-order chi connectivity index (χ0) is 22.8. The summed E-state index contributed by atoms with van der Waals surface area (Å²) in [6, 6.07) is 15.2. The molecule has 3 heterocycles. The van der Waals surface area contributed by atoms with Gasteiger partial charge >= 0.3 is 0 Å².